The predicted octanol–water partition coefficient (Wildman–Crippen LogP) is 5.44. The number of hydrogen-bond acceptors (Lipinski definition) is 6. The summed E-state index contributed by atoms with van der Waals surface area (Å²) in [7, 11) is 0. The number of hydrogen-bond donors (Lipinski definition) is 6. The van der Waals surface area contributed by atoms with E-state index in [9.17, 15) is 0 Å². The SMILES string of the molecule is CC(C)(N=NC(C)(C)C(=N)Nc1ccccc1)C(=N)Nc1ccccc1.OCl.OCl. The molecule has 0 saturated heterocycles. The van der Waals surface area contributed by atoms with Gasteiger partial charge < -0.3 is 10.6 Å². The van der Waals surface area contributed by atoms with E-state index in [0.29, 0.717) is 0 Å². The largest absolute Gasteiger partial charge is 0.342 e. The first-order chi connectivity index (χ1) is 14.2. The Bertz CT molecular complexity index is 732. The van der Waals surface area contributed by atoms with Crippen LogP contribution in [0.2, 0.25) is 0 Å². The van der Waals surface area contributed by atoms with Gasteiger partial charge in [-0.05, 0) is 52.0 Å². The molecule has 0 fully saturated rings. The molecule has 2 aromatic rings. The van der Waals surface area contributed by atoms with E-state index < -0.39 is 11.1 Å². The molecule has 0 aliphatic heterocycles. The number of halogens is 2. The van der Waals surface area contributed by atoms with Gasteiger partial charge in [0.05, 0.1) is 23.7 Å². The number of benzene rings is 2. The maximum atomic E-state index is 8.29. The summed E-state index contributed by atoms with van der Waals surface area (Å²) < 4.78 is 12.9. The molecule has 10 heteroatoms. The first-order valence-corrected chi connectivity index (χ1v) is 9.48. The number of para-hydroxylation sites is 2. The third-order valence-electron chi connectivity index (χ3n) is 3.86. The molecule has 0 radical (unpaired) electrons. The topological polar surface area (TPSA) is 137 Å². The first kappa shape index (κ1) is 27.5. The van der Waals surface area contributed by atoms with Gasteiger partial charge in [0.2, 0.25) is 0 Å². The molecule has 0 aliphatic carbocycles. The van der Waals surface area contributed by atoms with Crippen LogP contribution in [0.5, 0.6) is 0 Å². The maximum absolute atomic E-state index is 8.29. The maximum Gasteiger partial charge on any atom is 0.133 e. The highest BCUT2D eigenvalue weighted by Crippen LogP contribution is 2.20. The second-order valence-electron chi connectivity index (χ2n) is 7.05. The fourth-order valence-corrected chi connectivity index (χ4v) is 1.99. The normalized spacial score (nSPS) is 10.8. The molecule has 0 aromatic heterocycles. The summed E-state index contributed by atoms with van der Waals surface area (Å²) in [5.41, 5.74) is -0.00246. The van der Waals surface area contributed by atoms with Crippen LogP contribution in [-0.4, -0.2) is 32.1 Å². The van der Waals surface area contributed by atoms with Crippen LogP contribution >= 0.6 is 23.7 Å². The number of nitrogens with zero attached hydrogens (tertiary/aromatic N) is 2. The zero-order valence-electron chi connectivity index (χ0n) is 17.3. The quantitative estimate of drug-likeness (QED) is 0.196. The lowest BCUT2D eigenvalue weighted by molar-refractivity contribution is 0.561. The van der Waals surface area contributed by atoms with Crippen molar-refractivity contribution < 1.29 is 9.32 Å². The molecule has 2 rings (SSSR count). The van der Waals surface area contributed by atoms with Gasteiger partial charge in [-0.3, -0.25) is 20.1 Å². The molecule has 164 valence electrons. The van der Waals surface area contributed by atoms with E-state index in [1.54, 1.807) is 0 Å². The van der Waals surface area contributed by atoms with Crippen molar-refractivity contribution in [3.8, 4) is 0 Å². The van der Waals surface area contributed by atoms with Gasteiger partial charge in [-0.25, -0.2) is 0 Å². The van der Waals surface area contributed by atoms with Gasteiger partial charge in [0.15, 0.2) is 0 Å². The summed E-state index contributed by atoms with van der Waals surface area (Å²) in [6.07, 6.45) is 0. The van der Waals surface area contributed by atoms with Gasteiger partial charge in [-0.15, -0.1) is 0 Å². The third-order valence-corrected chi connectivity index (χ3v) is 3.86. The minimum Gasteiger partial charge on any atom is -0.342 e. The Hall–Kier alpha value is -2.52. The minimum atomic E-state index is -0.833. The molecule has 0 atom stereocenters. The molecule has 30 heavy (non-hydrogen) atoms. The van der Waals surface area contributed by atoms with Crippen LogP contribution in [0, 0.1) is 10.8 Å². The van der Waals surface area contributed by atoms with Crippen molar-refractivity contribution in [1.29, 1.82) is 10.8 Å². The minimum absolute atomic E-state index is 0.241. The molecule has 6 N–H and O–H groups in total. The van der Waals surface area contributed by atoms with Crippen LogP contribution in [-0.2, 0) is 0 Å². The van der Waals surface area contributed by atoms with Crippen molar-refractivity contribution in [2.24, 2.45) is 10.2 Å². The van der Waals surface area contributed by atoms with Gasteiger partial charge in [-0.1, -0.05) is 36.4 Å². The van der Waals surface area contributed by atoms with Crippen molar-refractivity contribution in [1.82, 2.24) is 0 Å². The number of rotatable bonds is 6. The molecular weight excluding hydrogens is 427 g/mol. The standard InChI is InChI=1S/C20H26N6.2ClHO/c1-19(2,17(21)23-15-11-7-5-8-12-15)25-26-20(3,4)18(22)24-16-13-9-6-10-14-16;2*1-2/h5-14H,1-4H3,(H2,21,23)(H2,22,24);2*2H. The molecule has 8 nitrogen and oxygen atoms in total. The number of amidine groups is 2. The van der Waals surface area contributed by atoms with Crippen LogP contribution in [0.25, 0.3) is 0 Å². The monoisotopic (exact) mass is 454 g/mol. The summed E-state index contributed by atoms with van der Waals surface area (Å²) in [6, 6.07) is 19.1. The molecule has 0 aliphatic rings. The van der Waals surface area contributed by atoms with E-state index in [2.05, 4.69) is 44.6 Å². The van der Waals surface area contributed by atoms with E-state index in [0.717, 1.165) is 11.4 Å². The predicted molar refractivity (Wildman–Crippen MR) is 125 cm³/mol. The summed E-state index contributed by atoms with van der Waals surface area (Å²) in [5, 5.41) is 31.4. The van der Waals surface area contributed by atoms with E-state index >= 15 is 0 Å². The fraction of sp³-hybridized carbons (Fsp3) is 0.300. The average molecular weight is 455 g/mol. The third kappa shape index (κ3) is 9.32. The Morgan fingerprint density at radius 3 is 1.20 bits per heavy atom. The highest BCUT2D eigenvalue weighted by atomic mass is 35.5. The van der Waals surface area contributed by atoms with Crippen molar-refractivity contribution in [2.75, 3.05) is 10.6 Å². The van der Waals surface area contributed by atoms with Crippen LogP contribution in [0.15, 0.2) is 70.9 Å². The highest BCUT2D eigenvalue weighted by Gasteiger charge is 2.28. The molecule has 0 amide bonds. The summed E-state index contributed by atoms with van der Waals surface area (Å²) >= 11 is 7.28. The Morgan fingerprint density at radius 2 is 0.933 bits per heavy atom. The zero-order chi connectivity index (χ0) is 23.2. The molecule has 0 unspecified atom stereocenters. The Kier molecular flexibility index (Phi) is 12.5. The van der Waals surface area contributed by atoms with Gasteiger partial charge in [-0.2, -0.15) is 10.2 Å². The Labute approximate surface area is 187 Å². The van der Waals surface area contributed by atoms with Crippen molar-refractivity contribution in [3.05, 3.63) is 60.7 Å². The smallest absolute Gasteiger partial charge is 0.133 e. The summed E-state index contributed by atoms with van der Waals surface area (Å²) in [5.74, 6) is 0.483. The summed E-state index contributed by atoms with van der Waals surface area (Å²) in [6.45, 7) is 7.27. The van der Waals surface area contributed by atoms with E-state index in [-0.39, 0.29) is 11.7 Å². The van der Waals surface area contributed by atoms with Crippen LogP contribution < -0.4 is 10.6 Å². The Balaban J connectivity index is 0.00000198. The number of azo groups is 1. The zero-order valence-corrected chi connectivity index (χ0v) is 18.8. The van der Waals surface area contributed by atoms with Crippen LogP contribution in [0.1, 0.15) is 27.7 Å². The number of nitrogens with one attached hydrogen (secondary N) is 4. The Morgan fingerprint density at radius 1 is 0.667 bits per heavy atom. The lowest BCUT2D eigenvalue weighted by atomic mass is 10.0. The average Bonchev–Trinajstić information content (AvgIpc) is 2.76. The first-order valence-electron chi connectivity index (χ1n) is 8.81. The van der Waals surface area contributed by atoms with Crippen LogP contribution in [0.4, 0.5) is 11.4 Å². The molecule has 2 aromatic carbocycles. The van der Waals surface area contributed by atoms with Gasteiger partial charge in [0, 0.05) is 11.4 Å². The molecule has 0 saturated carbocycles. The molecule has 0 spiro atoms. The summed E-state index contributed by atoms with van der Waals surface area (Å²) in [4.78, 5) is 0. The van der Waals surface area contributed by atoms with E-state index in [4.69, 9.17) is 20.1 Å². The van der Waals surface area contributed by atoms with E-state index in [1.807, 2.05) is 88.4 Å². The van der Waals surface area contributed by atoms with Gasteiger partial charge in [0.1, 0.15) is 22.7 Å². The van der Waals surface area contributed by atoms with Gasteiger partial charge in [0.25, 0.3) is 0 Å². The second kappa shape index (κ2) is 13.7. The fourth-order valence-electron chi connectivity index (χ4n) is 1.99. The molecular formula is C20H28Cl2N6O2. The highest BCUT2D eigenvalue weighted by molar-refractivity contribution is 6.05. The number of anilines is 2. The molecule has 0 bridgehead atoms. The van der Waals surface area contributed by atoms with Crippen molar-refractivity contribution in [3.63, 3.8) is 0 Å². The van der Waals surface area contributed by atoms with E-state index in [1.165, 1.54) is 0 Å². The lowest BCUT2D eigenvalue weighted by Crippen LogP contribution is -2.38. The van der Waals surface area contributed by atoms with Gasteiger partial charge >= 0.3 is 0 Å². The van der Waals surface area contributed by atoms with Crippen molar-refractivity contribution in [2.45, 2.75) is 38.8 Å². The van der Waals surface area contributed by atoms with Crippen molar-refractivity contribution >= 4 is 46.8 Å². The van der Waals surface area contributed by atoms with Crippen LogP contribution in [0.3, 0.4) is 0 Å². The second-order valence-corrected chi connectivity index (χ2v) is 7.05. The lowest BCUT2D eigenvalue weighted by Gasteiger charge is -2.25. The molecule has 0 heterocycles.